The molecule has 140 valence electrons. The lowest BCUT2D eigenvalue weighted by molar-refractivity contribution is -0.384. The molecule has 1 N–H and O–H groups in total. The smallest absolute Gasteiger partial charge is 0.269 e. The van der Waals surface area contributed by atoms with Gasteiger partial charge in [0.1, 0.15) is 11.6 Å². The van der Waals surface area contributed by atoms with E-state index in [0.717, 1.165) is 16.6 Å². The molecular weight excluding hydrogens is 370 g/mol. The van der Waals surface area contributed by atoms with Crippen molar-refractivity contribution in [1.82, 2.24) is 14.6 Å². The molecule has 0 saturated heterocycles. The first kappa shape index (κ1) is 17.5. The van der Waals surface area contributed by atoms with Crippen molar-refractivity contribution < 1.29 is 18.8 Å². The van der Waals surface area contributed by atoms with E-state index in [4.69, 9.17) is 0 Å². The van der Waals surface area contributed by atoms with Gasteiger partial charge in [0.25, 0.3) is 5.69 Å². The quantitative estimate of drug-likeness (QED) is 0.422. The lowest BCUT2D eigenvalue weighted by Crippen LogP contribution is -1.95. The van der Waals surface area contributed by atoms with Crippen LogP contribution in [0.2, 0.25) is 0 Å². The largest absolute Gasteiger partial charge is 0.493 e. The number of nitrogens with zero attached hydrogens (tertiary/aromatic N) is 4. The number of rotatable bonds is 3. The van der Waals surface area contributed by atoms with Crippen LogP contribution in [0.3, 0.4) is 0 Å². The third kappa shape index (κ3) is 2.82. The van der Waals surface area contributed by atoms with Gasteiger partial charge < -0.3 is 5.11 Å². The van der Waals surface area contributed by atoms with Crippen molar-refractivity contribution in [2.45, 2.75) is 6.92 Å². The molecule has 0 spiro atoms. The number of non-ortho nitro benzene ring substituents is 1. The highest BCUT2D eigenvalue weighted by atomic mass is 19.1. The van der Waals surface area contributed by atoms with E-state index in [1.807, 2.05) is 0 Å². The van der Waals surface area contributed by atoms with E-state index in [0.29, 0.717) is 22.5 Å². The zero-order valence-electron chi connectivity index (χ0n) is 14.4. The molecular formula is C19H12F2N4O3. The van der Waals surface area contributed by atoms with Crippen LogP contribution in [-0.2, 0) is 0 Å². The predicted octanol–water partition coefficient (Wildman–Crippen LogP) is 4.26. The van der Waals surface area contributed by atoms with Crippen LogP contribution in [0, 0.1) is 28.7 Å². The molecule has 2 heterocycles. The number of aromatic nitrogens is 3. The maximum absolute atomic E-state index is 14.3. The van der Waals surface area contributed by atoms with Crippen molar-refractivity contribution in [1.29, 1.82) is 0 Å². The van der Waals surface area contributed by atoms with Gasteiger partial charge in [-0.2, -0.15) is 9.61 Å². The number of aromatic hydroxyl groups is 1. The van der Waals surface area contributed by atoms with E-state index < -0.39 is 16.6 Å². The Balaban J connectivity index is 1.93. The molecule has 9 heteroatoms. The Morgan fingerprint density at radius 1 is 1.11 bits per heavy atom. The molecule has 0 aliphatic rings. The summed E-state index contributed by atoms with van der Waals surface area (Å²) in [6.45, 7) is 1.62. The second-order valence-electron chi connectivity index (χ2n) is 6.12. The summed E-state index contributed by atoms with van der Waals surface area (Å²) >= 11 is 0. The molecule has 0 saturated carbocycles. The Kier molecular flexibility index (Phi) is 3.99. The number of aryl methyl sites for hydroxylation is 1. The molecule has 0 amide bonds. The van der Waals surface area contributed by atoms with E-state index >= 15 is 0 Å². The van der Waals surface area contributed by atoms with E-state index in [1.165, 1.54) is 36.4 Å². The Hall–Kier alpha value is -3.88. The summed E-state index contributed by atoms with van der Waals surface area (Å²) in [7, 11) is 0. The van der Waals surface area contributed by atoms with Crippen LogP contribution in [0.25, 0.3) is 28.0 Å². The van der Waals surface area contributed by atoms with Crippen LogP contribution < -0.4 is 0 Å². The van der Waals surface area contributed by atoms with Crippen molar-refractivity contribution in [2.75, 3.05) is 0 Å². The first-order valence-electron chi connectivity index (χ1n) is 8.15. The SMILES string of the molecule is Cc1nn2c(O)cc(-c3ccc([N+](=O)[O-])cc3)nc2c1-c1ccc(F)cc1F. The average molecular weight is 382 g/mol. The van der Waals surface area contributed by atoms with Gasteiger partial charge in [-0.1, -0.05) is 0 Å². The molecule has 4 aromatic rings. The third-order valence-electron chi connectivity index (χ3n) is 4.32. The first-order chi connectivity index (χ1) is 13.3. The van der Waals surface area contributed by atoms with Gasteiger partial charge in [-0.05, 0) is 31.2 Å². The highest BCUT2D eigenvalue weighted by Gasteiger charge is 2.20. The number of nitro benzene ring substituents is 1. The molecule has 2 aromatic carbocycles. The predicted molar refractivity (Wildman–Crippen MR) is 96.8 cm³/mol. The van der Waals surface area contributed by atoms with Crippen LogP contribution in [0.4, 0.5) is 14.5 Å². The van der Waals surface area contributed by atoms with Crippen LogP contribution in [0.15, 0.2) is 48.5 Å². The lowest BCUT2D eigenvalue weighted by atomic mass is 10.1. The highest BCUT2D eigenvalue weighted by Crippen LogP contribution is 2.33. The fourth-order valence-electron chi connectivity index (χ4n) is 3.02. The molecule has 0 aliphatic carbocycles. The molecule has 28 heavy (non-hydrogen) atoms. The Labute approximate surface area is 156 Å². The van der Waals surface area contributed by atoms with E-state index in [1.54, 1.807) is 6.92 Å². The first-order valence-corrected chi connectivity index (χ1v) is 8.15. The minimum absolute atomic E-state index is 0.0803. The summed E-state index contributed by atoms with van der Waals surface area (Å²) in [5, 5.41) is 25.3. The lowest BCUT2D eigenvalue weighted by Gasteiger charge is -2.06. The topological polar surface area (TPSA) is 93.6 Å². The number of hydrogen-bond donors (Lipinski definition) is 1. The average Bonchev–Trinajstić information content (AvgIpc) is 2.98. The minimum atomic E-state index is -0.778. The van der Waals surface area contributed by atoms with Crippen LogP contribution >= 0.6 is 0 Å². The van der Waals surface area contributed by atoms with Crippen molar-refractivity contribution in [3.05, 3.63) is 76.0 Å². The summed E-state index contributed by atoms with van der Waals surface area (Å²) in [6.07, 6.45) is 0. The number of halogens is 2. The zero-order valence-corrected chi connectivity index (χ0v) is 14.4. The molecule has 0 atom stereocenters. The number of benzene rings is 2. The van der Waals surface area contributed by atoms with Gasteiger partial charge in [0, 0.05) is 35.4 Å². The molecule has 0 unspecified atom stereocenters. The van der Waals surface area contributed by atoms with Gasteiger partial charge in [-0.25, -0.2) is 13.8 Å². The molecule has 4 rings (SSSR count). The molecule has 0 aliphatic heterocycles. The summed E-state index contributed by atoms with van der Waals surface area (Å²) in [5.74, 6) is -1.73. The van der Waals surface area contributed by atoms with Crippen molar-refractivity contribution in [3.8, 4) is 28.3 Å². The van der Waals surface area contributed by atoms with Gasteiger partial charge in [-0.3, -0.25) is 10.1 Å². The zero-order chi connectivity index (χ0) is 20.0. The monoisotopic (exact) mass is 382 g/mol. The fraction of sp³-hybridized carbons (Fsp3) is 0.0526. The molecule has 0 radical (unpaired) electrons. The normalized spacial score (nSPS) is 11.1. The van der Waals surface area contributed by atoms with Gasteiger partial charge in [0.15, 0.2) is 5.65 Å². The van der Waals surface area contributed by atoms with Crippen molar-refractivity contribution in [2.24, 2.45) is 0 Å². The standard InChI is InChI=1S/C19H12F2N4O3/c1-10-18(14-7-4-12(20)8-15(14)21)19-22-16(9-17(26)24(19)23-10)11-2-5-13(6-3-11)25(27)28/h2-9,26H,1H3. The fourth-order valence-corrected chi connectivity index (χ4v) is 3.02. The maximum Gasteiger partial charge on any atom is 0.269 e. The minimum Gasteiger partial charge on any atom is -0.493 e. The number of hydrogen-bond acceptors (Lipinski definition) is 5. The van der Waals surface area contributed by atoms with Crippen molar-refractivity contribution >= 4 is 11.3 Å². The third-order valence-corrected chi connectivity index (χ3v) is 4.32. The van der Waals surface area contributed by atoms with Crippen LogP contribution in [-0.4, -0.2) is 24.6 Å². The highest BCUT2D eigenvalue weighted by molar-refractivity contribution is 5.82. The van der Waals surface area contributed by atoms with E-state index in [2.05, 4.69) is 10.1 Å². The van der Waals surface area contributed by atoms with Gasteiger partial charge in [-0.15, -0.1) is 0 Å². The van der Waals surface area contributed by atoms with E-state index in [-0.39, 0.29) is 22.8 Å². The summed E-state index contributed by atoms with van der Waals surface area (Å²) in [4.78, 5) is 14.7. The second kappa shape index (κ2) is 6.38. The van der Waals surface area contributed by atoms with Crippen molar-refractivity contribution in [3.63, 3.8) is 0 Å². The Morgan fingerprint density at radius 2 is 1.82 bits per heavy atom. The number of nitro groups is 1. The molecule has 7 nitrogen and oxygen atoms in total. The summed E-state index contributed by atoms with van der Waals surface area (Å²) in [6, 6.07) is 10.2. The molecule has 0 fully saturated rings. The van der Waals surface area contributed by atoms with E-state index in [9.17, 15) is 24.0 Å². The maximum atomic E-state index is 14.3. The molecule has 2 aromatic heterocycles. The van der Waals surface area contributed by atoms with Crippen LogP contribution in [0.1, 0.15) is 5.69 Å². The van der Waals surface area contributed by atoms with Gasteiger partial charge in [0.2, 0.25) is 5.88 Å². The summed E-state index contributed by atoms with van der Waals surface area (Å²) in [5.41, 5.74) is 1.75. The summed E-state index contributed by atoms with van der Waals surface area (Å²) < 4.78 is 28.8. The van der Waals surface area contributed by atoms with Gasteiger partial charge in [0.05, 0.1) is 21.9 Å². The Morgan fingerprint density at radius 3 is 2.46 bits per heavy atom. The van der Waals surface area contributed by atoms with Gasteiger partial charge >= 0.3 is 0 Å². The number of fused-ring (bicyclic) bond motifs is 1. The second-order valence-corrected chi connectivity index (χ2v) is 6.12. The van der Waals surface area contributed by atoms with Crippen LogP contribution in [0.5, 0.6) is 5.88 Å². The Bertz CT molecular complexity index is 1240. The molecule has 0 bridgehead atoms.